The minimum Gasteiger partial charge on any atom is -0.383 e. The Morgan fingerprint density at radius 1 is 1.56 bits per heavy atom. The predicted molar refractivity (Wildman–Crippen MR) is 66.5 cm³/mol. The van der Waals surface area contributed by atoms with Gasteiger partial charge in [-0.15, -0.1) is 0 Å². The molecule has 1 fully saturated rings. The molecule has 0 spiro atoms. The normalized spacial score (nSPS) is 25.6. The summed E-state index contributed by atoms with van der Waals surface area (Å²) in [5, 5.41) is 1.22. The minimum atomic E-state index is -0.168. The van der Waals surface area contributed by atoms with Crippen molar-refractivity contribution in [1.82, 2.24) is 9.97 Å². The first-order chi connectivity index (χ1) is 7.63. The molecule has 1 aromatic heterocycles. The Morgan fingerprint density at radius 3 is 3.06 bits per heavy atom. The summed E-state index contributed by atoms with van der Waals surface area (Å²) in [6, 6.07) is 1.31. The van der Waals surface area contributed by atoms with Crippen LogP contribution in [0.2, 0.25) is 0 Å². The molecule has 1 heterocycles. The quantitative estimate of drug-likeness (QED) is 0.774. The fraction of sp³-hybridized carbons (Fsp3) is 0.636. The van der Waals surface area contributed by atoms with E-state index in [0.29, 0.717) is 16.2 Å². The number of thioether (sulfide) groups is 1. The van der Waals surface area contributed by atoms with Gasteiger partial charge in [0.1, 0.15) is 5.82 Å². The van der Waals surface area contributed by atoms with Crippen molar-refractivity contribution in [1.29, 1.82) is 0 Å². The molecule has 0 saturated heterocycles. The van der Waals surface area contributed by atoms with E-state index in [1.165, 1.54) is 31.7 Å². The van der Waals surface area contributed by atoms with Gasteiger partial charge in [0, 0.05) is 11.3 Å². The van der Waals surface area contributed by atoms with Gasteiger partial charge >= 0.3 is 0 Å². The Bertz CT molecular complexity index is 418. The van der Waals surface area contributed by atoms with Crippen LogP contribution in [0, 0.1) is 5.92 Å². The van der Waals surface area contributed by atoms with E-state index in [2.05, 4.69) is 16.9 Å². The average Bonchev–Trinajstić information content (AvgIpc) is 2.15. The molecule has 0 amide bonds. The van der Waals surface area contributed by atoms with Crippen molar-refractivity contribution >= 4 is 17.6 Å². The lowest BCUT2D eigenvalue weighted by atomic mass is 9.91. The van der Waals surface area contributed by atoms with E-state index < -0.39 is 0 Å². The van der Waals surface area contributed by atoms with Crippen LogP contribution in [-0.4, -0.2) is 15.2 Å². The summed E-state index contributed by atoms with van der Waals surface area (Å²) in [7, 11) is 0. The van der Waals surface area contributed by atoms with Crippen LogP contribution in [0.5, 0.6) is 0 Å². The van der Waals surface area contributed by atoms with Crippen LogP contribution in [-0.2, 0) is 0 Å². The van der Waals surface area contributed by atoms with Crippen LogP contribution in [0.25, 0.3) is 0 Å². The highest BCUT2D eigenvalue weighted by Gasteiger charge is 2.20. The summed E-state index contributed by atoms with van der Waals surface area (Å²) < 4.78 is 0. The summed E-state index contributed by atoms with van der Waals surface area (Å²) in [6.45, 7) is 2.28. The van der Waals surface area contributed by atoms with Crippen LogP contribution < -0.4 is 11.3 Å². The Labute approximate surface area is 99.0 Å². The monoisotopic (exact) mass is 239 g/mol. The molecular formula is C11H17N3OS. The zero-order valence-electron chi connectivity index (χ0n) is 9.40. The number of aromatic amines is 1. The van der Waals surface area contributed by atoms with E-state index in [9.17, 15) is 4.79 Å². The summed E-state index contributed by atoms with van der Waals surface area (Å²) in [5.74, 6) is 1.08. The minimum absolute atomic E-state index is 0.168. The zero-order valence-corrected chi connectivity index (χ0v) is 10.2. The van der Waals surface area contributed by atoms with E-state index in [1.807, 2.05) is 0 Å². The van der Waals surface area contributed by atoms with Crippen LogP contribution in [0.3, 0.4) is 0 Å². The van der Waals surface area contributed by atoms with Crippen LogP contribution in [0.1, 0.15) is 32.6 Å². The highest BCUT2D eigenvalue weighted by Crippen LogP contribution is 2.34. The van der Waals surface area contributed by atoms with Gasteiger partial charge in [-0.1, -0.05) is 31.5 Å². The second-order valence-corrected chi connectivity index (χ2v) is 5.78. The highest BCUT2D eigenvalue weighted by molar-refractivity contribution is 7.99. The second-order valence-electron chi connectivity index (χ2n) is 4.49. The van der Waals surface area contributed by atoms with Gasteiger partial charge in [0.25, 0.3) is 5.56 Å². The number of nitrogens with two attached hydrogens (primary N) is 1. The largest absolute Gasteiger partial charge is 0.383 e. The Balaban J connectivity index is 2.05. The number of anilines is 1. The lowest BCUT2D eigenvalue weighted by Crippen LogP contribution is -2.17. The summed E-state index contributed by atoms with van der Waals surface area (Å²) in [6.07, 6.45) is 4.99. The van der Waals surface area contributed by atoms with Gasteiger partial charge in [-0.05, 0) is 18.8 Å². The van der Waals surface area contributed by atoms with Crippen LogP contribution >= 0.6 is 11.8 Å². The van der Waals surface area contributed by atoms with Crippen molar-refractivity contribution in [2.24, 2.45) is 5.92 Å². The molecule has 1 aromatic rings. The molecule has 0 aliphatic heterocycles. The van der Waals surface area contributed by atoms with E-state index in [1.54, 1.807) is 11.8 Å². The molecule has 0 aromatic carbocycles. The van der Waals surface area contributed by atoms with Gasteiger partial charge in [0.05, 0.1) is 0 Å². The van der Waals surface area contributed by atoms with E-state index in [4.69, 9.17) is 5.73 Å². The third-order valence-corrected chi connectivity index (χ3v) is 4.08. The lowest BCUT2D eigenvalue weighted by molar-refractivity contribution is 0.394. The summed E-state index contributed by atoms with van der Waals surface area (Å²) >= 11 is 1.65. The zero-order chi connectivity index (χ0) is 11.5. The second kappa shape index (κ2) is 4.91. The fourth-order valence-corrected chi connectivity index (χ4v) is 3.50. The van der Waals surface area contributed by atoms with E-state index in [0.717, 1.165) is 5.92 Å². The molecule has 1 aliphatic rings. The van der Waals surface area contributed by atoms with Crippen molar-refractivity contribution in [3.8, 4) is 0 Å². The molecule has 0 bridgehead atoms. The molecule has 16 heavy (non-hydrogen) atoms. The maximum atomic E-state index is 11.2. The van der Waals surface area contributed by atoms with Crippen molar-refractivity contribution in [2.75, 3.05) is 5.73 Å². The number of rotatable bonds is 2. The maximum absolute atomic E-state index is 11.2. The molecule has 0 radical (unpaired) electrons. The number of aromatic nitrogens is 2. The van der Waals surface area contributed by atoms with Crippen molar-refractivity contribution in [2.45, 2.75) is 43.0 Å². The predicted octanol–water partition coefficient (Wildman–Crippen LogP) is 2.02. The molecule has 1 aliphatic carbocycles. The fourth-order valence-electron chi connectivity index (χ4n) is 2.15. The van der Waals surface area contributed by atoms with Crippen molar-refractivity contribution < 1.29 is 0 Å². The van der Waals surface area contributed by atoms with Crippen molar-refractivity contribution in [3.63, 3.8) is 0 Å². The molecule has 5 heteroatoms. The standard InChI is InChI=1S/C11H17N3OS/c1-7-3-2-4-8(5-7)16-11-13-9(12)6-10(15)14-11/h6-8H,2-5H2,1H3,(H3,12,13,14,15). The first kappa shape index (κ1) is 11.5. The van der Waals surface area contributed by atoms with Crippen LogP contribution in [0.15, 0.2) is 16.0 Å². The van der Waals surface area contributed by atoms with Gasteiger partial charge in [-0.3, -0.25) is 4.79 Å². The van der Waals surface area contributed by atoms with Gasteiger partial charge in [-0.2, -0.15) is 0 Å². The lowest BCUT2D eigenvalue weighted by Gasteiger charge is -2.25. The van der Waals surface area contributed by atoms with Crippen molar-refractivity contribution in [3.05, 3.63) is 16.4 Å². The molecule has 2 rings (SSSR count). The topological polar surface area (TPSA) is 71.8 Å². The SMILES string of the molecule is CC1CCCC(Sc2nc(N)cc(=O)[nH]2)C1. The number of H-pyrrole nitrogens is 1. The average molecular weight is 239 g/mol. The summed E-state index contributed by atoms with van der Waals surface area (Å²) in [5.41, 5.74) is 5.38. The highest BCUT2D eigenvalue weighted by atomic mass is 32.2. The molecule has 2 atom stereocenters. The molecular weight excluding hydrogens is 222 g/mol. The van der Waals surface area contributed by atoms with Crippen LogP contribution in [0.4, 0.5) is 5.82 Å². The van der Waals surface area contributed by atoms with E-state index >= 15 is 0 Å². The molecule has 4 nitrogen and oxygen atoms in total. The maximum Gasteiger partial charge on any atom is 0.253 e. The smallest absolute Gasteiger partial charge is 0.253 e. The molecule has 88 valence electrons. The molecule has 3 N–H and O–H groups in total. The summed E-state index contributed by atoms with van der Waals surface area (Å²) in [4.78, 5) is 18.1. The molecule has 1 saturated carbocycles. The number of nitrogens with zero attached hydrogens (tertiary/aromatic N) is 1. The Kier molecular flexibility index (Phi) is 3.53. The number of hydrogen-bond acceptors (Lipinski definition) is 4. The number of hydrogen-bond donors (Lipinski definition) is 2. The first-order valence-corrected chi connectivity index (χ1v) is 6.55. The number of nitrogens with one attached hydrogen (secondary N) is 1. The van der Waals surface area contributed by atoms with E-state index in [-0.39, 0.29) is 5.56 Å². The number of nitrogen functional groups attached to an aromatic ring is 1. The Morgan fingerprint density at radius 2 is 2.38 bits per heavy atom. The van der Waals surface area contributed by atoms with Gasteiger partial charge < -0.3 is 10.7 Å². The third kappa shape index (κ3) is 3.01. The molecule has 2 unspecified atom stereocenters. The Hall–Kier alpha value is -0.970. The third-order valence-electron chi connectivity index (χ3n) is 2.91. The first-order valence-electron chi connectivity index (χ1n) is 5.67. The van der Waals surface area contributed by atoms with Gasteiger partial charge in [0.2, 0.25) is 0 Å². The van der Waals surface area contributed by atoms with Gasteiger partial charge in [0.15, 0.2) is 5.16 Å². The van der Waals surface area contributed by atoms with Gasteiger partial charge in [-0.25, -0.2) is 4.98 Å².